The summed E-state index contributed by atoms with van der Waals surface area (Å²) in [6.07, 6.45) is -0.211. The zero-order chi connectivity index (χ0) is 16.3. The van der Waals surface area contributed by atoms with Crippen LogP contribution in [0.5, 0.6) is 5.75 Å². The summed E-state index contributed by atoms with van der Waals surface area (Å²) in [5.74, 6) is -0.377. The van der Waals surface area contributed by atoms with Gasteiger partial charge in [-0.05, 0) is 32.0 Å². The summed E-state index contributed by atoms with van der Waals surface area (Å²) in [5.41, 5.74) is -0.270. The number of hydrogen-bond acceptors (Lipinski definition) is 4. The highest BCUT2D eigenvalue weighted by Gasteiger charge is 2.36. The molecule has 0 aromatic heterocycles. The predicted molar refractivity (Wildman–Crippen MR) is 79.7 cm³/mol. The van der Waals surface area contributed by atoms with Gasteiger partial charge in [-0.3, -0.25) is 4.79 Å². The Kier molecular flexibility index (Phi) is 5.03. The largest absolute Gasteiger partial charge is 0.496 e. The van der Waals surface area contributed by atoms with E-state index in [2.05, 4.69) is 0 Å². The van der Waals surface area contributed by atoms with Crippen LogP contribution >= 0.6 is 0 Å². The Morgan fingerprint density at radius 1 is 1.45 bits per heavy atom. The van der Waals surface area contributed by atoms with E-state index in [1.807, 2.05) is 13.8 Å². The Labute approximate surface area is 130 Å². The van der Waals surface area contributed by atoms with E-state index in [1.165, 1.54) is 25.3 Å². The average Bonchev–Trinajstić information content (AvgIpc) is 2.45. The lowest BCUT2D eigenvalue weighted by Crippen LogP contribution is -2.55. The number of ether oxygens (including phenoxy) is 3. The summed E-state index contributed by atoms with van der Waals surface area (Å²) in [4.78, 5) is 14.4. The Morgan fingerprint density at radius 2 is 2.18 bits per heavy atom. The van der Waals surface area contributed by atoms with Crippen LogP contribution in [0.25, 0.3) is 0 Å². The monoisotopic (exact) mass is 311 g/mol. The second kappa shape index (κ2) is 6.62. The first-order chi connectivity index (χ1) is 10.4. The number of rotatable bonds is 4. The highest BCUT2D eigenvalue weighted by molar-refractivity contribution is 5.97. The first kappa shape index (κ1) is 16.7. The number of carbonyl (C=O) groups is 1. The molecule has 1 amide bonds. The number of benzene rings is 1. The van der Waals surface area contributed by atoms with Gasteiger partial charge in [0.25, 0.3) is 5.91 Å². The SMILES string of the molecule is COC[C@H]1CN(C(=O)c2cc(F)ccc2OC)CC(C)(C)O1. The summed E-state index contributed by atoms with van der Waals surface area (Å²) >= 11 is 0. The van der Waals surface area contributed by atoms with Crippen molar-refractivity contribution in [2.75, 3.05) is 33.9 Å². The molecule has 0 bridgehead atoms. The van der Waals surface area contributed by atoms with Crippen molar-refractivity contribution in [2.45, 2.75) is 25.6 Å². The fourth-order valence-corrected chi connectivity index (χ4v) is 2.74. The molecule has 1 aliphatic rings. The molecular weight excluding hydrogens is 289 g/mol. The fraction of sp³-hybridized carbons (Fsp3) is 0.562. The molecule has 1 aromatic carbocycles. The third-order valence-corrected chi connectivity index (χ3v) is 3.51. The van der Waals surface area contributed by atoms with Crippen molar-refractivity contribution in [3.05, 3.63) is 29.6 Å². The Bertz CT molecular complexity index is 547. The van der Waals surface area contributed by atoms with E-state index in [1.54, 1.807) is 12.0 Å². The molecule has 1 fully saturated rings. The van der Waals surface area contributed by atoms with Gasteiger partial charge in [-0.25, -0.2) is 4.39 Å². The fourth-order valence-electron chi connectivity index (χ4n) is 2.74. The number of methoxy groups -OCH3 is 2. The van der Waals surface area contributed by atoms with Gasteiger partial charge in [0.2, 0.25) is 0 Å². The van der Waals surface area contributed by atoms with Crippen molar-refractivity contribution in [1.82, 2.24) is 4.90 Å². The van der Waals surface area contributed by atoms with Gasteiger partial charge in [-0.15, -0.1) is 0 Å². The van der Waals surface area contributed by atoms with Gasteiger partial charge in [0.1, 0.15) is 11.6 Å². The highest BCUT2D eigenvalue weighted by Crippen LogP contribution is 2.26. The molecule has 0 radical (unpaired) electrons. The van der Waals surface area contributed by atoms with Gasteiger partial charge in [0.15, 0.2) is 0 Å². The summed E-state index contributed by atoms with van der Waals surface area (Å²) in [5, 5.41) is 0. The van der Waals surface area contributed by atoms with E-state index < -0.39 is 11.4 Å². The van der Waals surface area contributed by atoms with E-state index in [0.717, 1.165) is 0 Å². The maximum absolute atomic E-state index is 13.5. The minimum atomic E-state index is -0.488. The van der Waals surface area contributed by atoms with E-state index >= 15 is 0 Å². The van der Waals surface area contributed by atoms with Gasteiger partial charge in [-0.2, -0.15) is 0 Å². The molecular formula is C16H22FNO4. The van der Waals surface area contributed by atoms with Crippen LogP contribution in [0.1, 0.15) is 24.2 Å². The van der Waals surface area contributed by atoms with Gasteiger partial charge in [0, 0.05) is 20.2 Å². The van der Waals surface area contributed by atoms with Crippen LogP contribution in [0.15, 0.2) is 18.2 Å². The Morgan fingerprint density at radius 3 is 2.82 bits per heavy atom. The second-order valence-corrected chi connectivity index (χ2v) is 5.99. The molecule has 2 rings (SSSR count). The Balaban J connectivity index is 2.26. The number of carbonyl (C=O) groups excluding carboxylic acids is 1. The third-order valence-electron chi connectivity index (χ3n) is 3.51. The molecule has 0 unspecified atom stereocenters. The zero-order valence-electron chi connectivity index (χ0n) is 13.4. The van der Waals surface area contributed by atoms with Gasteiger partial charge >= 0.3 is 0 Å². The molecule has 22 heavy (non-hydrogen) atoms. The maximum atomic E-state index is 13.5. The summed E-state index contributed by atoms with van der Waals surface area (Å²) in [6.45, 7) is 5.05. The van der Waals surface area contributed by atoms with Crippen LogP contribution in [-0.2, 0) is 9.47 Å². The van der Waals surface area contributed by atoms with Gasteiger partial charge in [-0.1, -0.05) is 0 Å². The van der Waals surface area contributed by atoms with Crippen LogP contribution in [0.3, 0.4) is 0 Å². The molecule has 0 spiro atoms. The number of halogens is 1. The van der Waals surface area contributed by atoms with Crippen LogP contribution in [0.2, 0.25) is 0 Å². The molecule has 0 N–H and O–H groups in total. The quantitative estimate of drug-likeness (QED) is 0.854. The average molecular weight is 311 g/mol. The first-order valence-electron chi connectivity index (χ1n) is 7.16. The minimum absolute atomic E-state index is 0.211. The van der Waals surface area contributed by atoms with Crippen LogP contribution in [0.4, 0.5) is 4.39 Å². The summed E-state index contributed by atoms with van der Waals surface area (Å²) in [7, 11) is 3.05. The lowest BCUT2D eigenvalue weighted by Gasteiger charge is -2.42. The molecule has 6 heteroatoms. The Hall–Kier alpha value is -1.66. The molecule has 122 valence electrons. The molecule has 1 atom stereocenters. The van der Waals surface area contributed by atoms with Crippen molar-refractivity contribution >= 4 is 5.91 Å². The zero-order valence-corrected chi connectivity index (χ0v) is 13.4. The minimum Gasteiger partial charge on any atom is -0.496 e. The lowest BCUT2D eigenvalue weighted by atomic mass is 10.0. The van der Waals surface area contributed by atoms with Crippen LogP contribution < -0.4 is 4.74 Å². The molecule has 1 aliphatic heterocycles. The number of morpholine rings is 1. The van der Waals surface area contributed by atoms with Crippen molar-refractivity contribution in [2.24, 2.45) is 0 Å². The van der Waals surface area contributed by atoms with Crippen molar-refractivity contribution in [1.29, 1.82) is 0 Å². The van der Waals surface area contributed by atoms with Crippen LogP contribution in [0, 0.1) is 5.82 Å². The van der Waals surface area contributed by atoms with Crippen molar-refractivity contribution < 1.29 is 23.4 Å². The first-order valence-corrected chi connectivity index (χ1v) is 7.16. The van der Waals surface area contributed by atoms with Crippen molar-refractivity contribution in [3.63, 3.8) is 0 Å². The predicted octanol–water partition coefficient (Wildman–Crippen LogP) is 2.10. The number of hydrogen-bond donors (Lipinski definition) is 0. The maximum Gasteiger partial charge on any atom is 0.257 e. The lowest BCUT2D eigenvalue weighted by molar-refractivity contribution is -0.143. The third kappa shape index (κ3) is 3.75. The molecule has 0 saturated carbocycles. The summed E-state index contributed by atoms with van der Waals surface area (Å²) < 4.78 is 29.7. The van der Waals surface area contributed by atoms with E-state index in [4.69, 9.17) is 14.2 Å². The standard InChI is InChI=1S/C16H22FNO4/c1-16(2)10-18(8-12(22-16)9-20-3)15(19)13-7-11(17)5-6-14(13)21-4/h5-7,12H,8-10H2,1-4H3/t12-/m1/s1. The van der Waals surface area contributed by atoms with Crippen molar-refractivity contribution in [3.8, 4) is 5.75 Å². The topological polar surface area (TPSA) is 48.0 Å². The summed E-state index contributed by atoms with van der Waals surface area (Å²) in [6, 6.07) is 3.93. The number of amides is 1. The van der Waals surface area contributed by atoms with Crippen LogP contribution in [-0.4, -0.2) is 56.4 Å². The normalized spacial score (nSPS) is 20.8. The molecule has 1 aromatic rings. The van der Waals surface area contributed by atoms with Gasteiger partial charge < -0.3 is 19.1 Å². The highest BCUT2D eigenvalue weighted by atomic mass is 19.1. The molecule has 1 saturated heterocycles. The second-order valence-electron chi connectivity index (χ2n) is 5.99. The molecule has 5 nitrogen and oxygen atoms in total. The molecule has 1 heterocycles. The molecule has 0 aliphatic carbocycles. The smallest absolute Gasteiger partial charge is 0.257 e. The van der Waals surface area contributed by atoms with E-state index in [9.17, 15) is 9.18 Å². The van der Waals surface area contributed by atoms with E-state index in [-0.39, 0.29) is 17.6 Å². The van der Waals surface area contributed by atoms with Gasteiger partial charge in [0.05, 0.1) is 31.0 Å². The van der Waals surface area contributed by atoms with E-state index in [0.29, 0.717) is 25.4 Å². The number of nitrogens with zero attached hydrogens (tertiary/aromatic N) is 1.